The van der Waals surface area contributed by atoms with E-state index in [1.807, 2.05) is 12.1 Å². The highest BCUT2D eigenvalue weighted by molar-refractivity contribution is 5.71. The number of carbonyl (C=O) groups excluding carboxylic acids is 1. The van der Waals surface area contributed by atoms with Gasteiger partial charge in [-0.05, 0) is 24.6 Å². The molecule has 0 saturated heterocycles. The molecule has 0 fully saturated rings. The van der Waals surface area contributed by atoms with E-state index in [2.05, 4.69) is 4.74 Å². The molecule has 94 valence electrons. The van der Waals surface area contributed by atoms with Crippen molar-refractivity contribution in [2.75, 3.05) is 27.4 Å². The lowest BCUT2D eigenvalue weighted by atomic mass is 10.1. The van der Waals surface area contributed by atoms with Crippen LogP contribution < -0.4 is 15.2 Å². The van der Waals surface area contributed by atoms with E-state index in [9.17, 15) is 4.79 Å². The van der Waals surface area contributed by atoms with Gasteiger partial charge >= 0.3 is 5.97 Å². The quantitative estimate of drug-likeness (QED) is 0.742. The molecule has 1 aromatic carbocycles. The highest BCUT2D eigenvalue weighted by Crippen LogP contribution is 2.31. The first-order chi connectivity index (χ1) is 8.22. The Morgan fingerprint density at radius 2 is 2.12 bits per heavy atom. The lowest BCUT2D eigenvalue weighted by molar-refractivity contribution is -0.142. The van der Waals surface area contributed by atoms with Crippen molar-refractivity contribution < 1.29 is 19.0 Å². The van der Waals surface area contributed by atoms with E-state index in [1.54, 1.807) is 13.2 Å². The molecule has 0 radical (unpaired) electrons. The molecule has 5 nitrogen and oxygen atoms in total. The predicted octanol–water partition coefficient (Wildman–Crippen LogP) is 0.748. The van der Waals surface area contributed by atoms with Crippen LogP contribution in [0.3, 0.4) is 0 Å². The fraction of sp³-hybridized carbons (Fsp3) is 0.417. The predicted molar refractivity (Wildman–Crippen MR) is 63.3 cm³/mol. The second-order valence-electron chi connectivity index (χ2n) is 3.35. The highest BCUT2D eigenvalue weighted by Gasteiger charge is 2.12. The number of hydrogen-bond acceptors (Lipinski definition) is 5. The first-order valence-electron chi connectivity index (χ1n) is 5.28. The van der Waals surface area contributed by atoms with Crippen molar-refractivity contribution in [1.82, 2.24) is 0 Å². The van der Waals surface area contributed by atoms with Crippen LogP contribution in [0.5, 0.6) is 11.5 Å². The molecule has 0 aliphatic rings. The first kappa shape index (κ1) is 13.3. The van der Waals surface area contributed by atoms with Gasteiger partial charge in [0.2, 0.25) is 0 Å². The summed E-state index contributed by atoms with van der Waals surface area (Å²) in [4.78, 5) is 11.0. The lowest BCUT2D eigenvalue weighted by Gasteiger charge is -2.13. The van der Waals surface area contributed by atoms with Crippen LogP contribution in [0.1, 0.15) is 5.56 Å². The zero-order valence-electron chi connectivity index (χ0n) is 10.1. The van der Waals surface area contributed by atoms with Crippen LogP contribution in [0, 0.1) is 0 Å². The Kier molecular flexibility index (Phi) is 5.29. The summed E-state index contributed by atoms with van der Waals surface area (Å²) in [5.74, 6) is 0.695. The van der Waals surface area contributed by atoms with Crippen molar-refractivity contribution in [3.63, 3.8) is 0 Å². The Balaban J connectivity index is 2.88. The maximum absolute atomic E-state index is 11.0. The third-order valence-corrected chi connectivity index (χ3v) is 2.26. The lowest BCUT2D eigenvalue weighted by Crippen LogP contribution is -2.14. The first-order valence-corrected chi connectivity index (χ1v) is 5.28. The molecule has 0 saturated carbocycles. The molecule has 0 aliphatic heterocycles. The molecule has 0 bridgehead atoms. The van der Waals surface area contributed by atoms with Gasteiger partial charge in [0.25, 0.3) is 0 Å². The summed E-state index contributed by atoms with van der Waals surface area (Å²) in [5.41, 5.74) is 6.43. The summed E-state index contributed by atoms with van der Waals surface area (Å²) < 4.78 is 15.1. The minimum absolute atomic E-state index is 0.144. The molecule has 0 atom stereocenters. The van der Waals surface area contributed by atoms with Crippen LogP contribution in [-0.2, 0) is 16.0 Å². The molecular weight excluding hydrogens is 222 g/mol. The van der Waals surface area contributed by atoms with E-state index in [4.69, 9.17) is 15.2 Å². The Bertz CT molecular complexity index is 379. The molecular formula is C12H17NO4. The van der Waals surface area contributed by atoms with Gasteiger partial charge in [0, 0.05) is 0 Å². The van der Waals surface area contributed by atoms with Crippen molar-refractivity contribution in [1.29, 1.82) is 0 Å². The molecule has 0 aromatic heterocycles. The van der Waals surface area contributed by atoms with Gasteiger partial charge in [0.05, 0.1) is 14.2 Å². The minimum atomic E-state index is -0.436. The third kappa shape index (κ3) is 3.64. The van der Waals surface area contributed by atoms with Crippen LogP contribution in [0.15, 0.2) is 18.2 Å². The molecule has 0 amide bonds. The summed E-state index contributed by atoms with van der Waals surface area (Å²) in [7, 11) is 2.86. The topological polar surface area (TPSA) is 70.8 Å². The average molecular weight is 239 g/mol. The molecule has 1 rings (SSSR count). The van der Waals surface area contributed by atoms with Gasteiger partial charge < -0.3 is 19.9 Å². The van der Waals surface area contributed by atoms with Gasteiger partial charge in [-0.25, -0.2) is 4.79 Å². The Labute approximate surface area is 100 Å². The number of nitrogens with two attached hydrogens (primary N) is 1. The standard InChI is InChI=1S/C12H17NO4/c1-15-10-5-3-4-9(6-7-13)12(10)17-8-11(14)16-2/h3-5H,6-8,13H2,1-2H3. The number of ether oxygens (including phenoxy) is 3. The van der Waals surface area contributed by atoms with Crippen molar-refractivity contribution in [2.24, 2.45) is 5.73 Å². The van der Waals surface area contributed by atoms with Crippen molar-refractivity contribution in [3.05, 3.63) is 23.8 Å². The molecule has 0 spiro atoms. The average Bonchev–Trinajstić information content (AvgIpc) is 2.36. The number of benzene rings is 1. The van der Waals surface area contributed by atoms with Gasteiger partial charge in [0.1, 0.15) is 0 Å². The van der Waals surface area contributed by atoms with Gasteiger partial charge in [-0.2, -0.15) is 0 Å². The summed E-state index contributed by atoms with van der Waals surface area (Å²) in [6, 6.07) is 5.52. The normalized spacial score (nSPS) is 9.82. The summed E-state index contributed by atoms with van der Waals surface area (Å²) in [6.07, 6.45) is 0.660. The third-order valence-electron chi connectivity index (χ3n) is 2.26. The van der Waals surface area contributed by atoms with Crippen LogP contribution in [-0.4, -0.2) is 33.3 Å². The second-order valence-corrected chi connectivity index (χ2v) is 3.35. The number of esters is 1. The zero-order valence-corrected chi connectivity index (χ0v) is 10.1. The molecule has 5 heteroatoms. The van der Waals surface area contributed by atoms with Crippen LogP contribution in [0.25, 0.3) is 0 Å². The number of carbonyl (C=O) groups is 1. The highest BCUT2D eigenvalue weighted by atomic mass is 16.6. The van der Waals surface area contributed by atoms with E-state index >= 15 is 0 Å². The molecule has 0 heterocycles. The monoisotopic (exact) mass is 239 g/mol. The number of methoxy groups -OCH3 is 2. The van der Waals surface area contributed by atoms with Gasteiger partial charge in [-0.1, -0.05) is 12.1 Å². The fourth-order valence-electron chi connectivity index (χ4n) is 1.43. The van der Waals surface area contributed by atoms with Crippen molar-refractivity contribution in [2.45, 2.75) is 6.42 Å². The number of hydrogen-bond donors (Lipinski definition) is 1. The molecule has 1 aromatic rings. The van der Waals surface area contributed by atoms with Gasteiger partial charge in [-0.3, -0.25) is 0 Å². The number of para-hydroxylation sites is 1. The smallest absolute Gasteiger partial charge is 0.343 e. The molecule has 0 aliphatic carbocycles. The summed E-state index contributed by atoms with van der Waals surface area (Å²) in [6.45, 7) is 0.357. The van der Waals surface area contributed by atoms with Crippen molar-refractivity contribution in [3.8, 4) is 11.5 Å². The molecule has 17 heavy (non-hydrogen) atoms. The molecule has 2 N–H and O–H groups in total. The fourth-order valence-corrected chi connectivity index (χ4v) is 1.43. The zero-order chi connectivity index (χ0) is 12.7. The van der Waals surface area contributed by atoms with E-state index in [-0.39, 0.29) is 6.61 Å². The van der Waals surface area contributed by atoms with Gasteiger partial charge in [0.15, 0.2) is 18.1 Å². The Morgan fingerprint density at radius 1 is 1.35 bits per heavy atom. The van der Waals surface area contributed by atoms with E-state index in [0.717, 1.165) is 5.56 Å². The van der Waals surface area contributed by atoms with Crippen LogP contribution in [0.4, 0.5) is 0 Å². The second kappa shape index (κ2) is 6.75. The molecule has 0 unspecified atom stereocenters. The van der Waals surface area contributed by atoms with Crippen LogP contribution >= 0.6 is 0 Å². The minimum Gasteiger partial charge on any atom is -0.493 e. The Morgan fingerprint density at radius 3 is 2.71 bits per heavy atom. The number of rotatable bonds is 6. The SMILES string of the molecule is COC(=O)COc1c(CCN)cccc1OC. The van der Waals surface area contributed by atoms with E-state index in [0.29, 0.717) is 24.5 Å². The maximum atomic E-state index is 11.0. The summed E-state index contributed by atoms with van der Waals surface area (Å²) in [5, 5.41) is 0. The van der Waals surface area contributed by atoms with Crippen molar-refractivity contribution >= 4 is 5.97 Å². The van der Waals surface area contributed by atoms with E-state index < -0.39 is 5.97 Å². The van der Waals surface area contributed by atoms with E-state index in [1.165, 1.54) is 7.11 Å². The summed E-state index contributed by atoms with van der Waals surface area (Å²) >= 11 is 0. The maximum Gasteiger partial charge on any atom is 0.343 e. The van der Waals surface area contributed by atoms with Gasteiger partial charge in [-0.15, -0.1) is 0 Å². The Hall–Kier alpha value is -1.75. The van der Waals surface area contributed by atoms with Crippen LogP contribution in [0.2, 0.25) is 0 Å². The largest absolute Gasteiger partial charge is 0.493 e.